The Balaban J connectivity index is 3.00. The lowest BCUT2D eigenvalue weighted by molar-refractivity contribution is 0.465. The zero-order chi connectivity index (χ0) is 13.2. The molecular weight excluding hydrogens is 238 g/mol. The maximum Gasteiger partial charge on any atom is 0.235 e. The molecule has 2 N–H and O–H groups in total. The van der Waals surface area contributed by atoms with E-state index in [0.29, 0.717) is 5.69 Å². The van der Waals surface area contributed by atoms with Crippen molar-refractivity contribution in [2.45, 2.75) is 38.9 Å². The highest BCUT2D eigenvalue weighted by Crippen LogP contribution is 2.28. The van der Waals surface area contributed by atoms with E-state index in [-0.39, 0.29) is 11.7 Å². The molecule has 0 unspecified atom stereocenters. The molecule has 0 atom stereocenters. The van der Waals surface area contributed by atoms with Crippen molar-refractivity contribution < 1.29 is 13.5 Å². The first-order valence-electron chi connectivity index (χ1n) is 5.58. The molecule has 0 aliphatic heterocycles. The van der Waals surface area contributed by atoms with Gasteiger partial charge in [-0.05, 0) is 31.4 Å². The number of benzene rings is 1. The van der Waals surface area contributed by atoms with Crippen LogP contribution in [0.4, 0.5) is 5.69 Å². The van der Waals surface area contributed by atoms with Gasteiger partial charge < -0.3 is 5.11 Å². The van der Waals surface area contributed by atoms with E-state index >= 15 is 0 Å². The fourth-order valence-corrected chi connectivity index (χ4v) is 2.07. The van der Waals surface area contributed by atoms with Gasteiger partial charge in [0.15, 0.2) is 0 Å². The van der Waals surface area contributed by atoms with Gasteiger partial charge in [-0.25, -0.2) is 8.42 Å². The Hall–Kier alpha value is -1.23. The number of sulfonamides is 1. The van der Waals surface area contributed by atoms with E-state index in [4.69, 9.17) is 0 Å². The average molecular weight is 257 g/mol. The van der Waals surface area contributed by atoms with E-state index in [1.165, 1.54) is 6.07 Å². The zero-order valence-electron chi connectivity index (χ0n) is 10.6. The molecule has 96 valence electrons. The number of hydrogen-bond acceptors (Lipinski definition) is 3. The van der Waals surface area contributed by atoms with Crippen LogP contribution < -0.4 is 4.72 Å². The van der Waals surface area contributed by atoms with Crippen molar-refractivity contribution in [3.8, 4) is 5.75 Å². The van der Waals surface area contributed by atoms with Crippen molar-refractivity contribution in [1.82, 2.24) is 0 Å². The van der Waals surface area contributed by atoms with Crippen LogP contribution in [0.5, 0.6) is 5.75 Å². The van der Waals surface area contributed by atoms with Gasteiger partial charge in [0.05, 0.1) is 10.9 Å². The largest absolute Gasteiger partial charge is 0.508 e. The van der Waals surface area contributed by atoms with Gasteiger partial charge in [-0.2, -0.15) is 0 Å². The Labute approximate surface area is 103 Å². The van der Waals surface area contributed by atoms with Crippen molar-refractivity contribution in [3.05, 3.63) is 23.8 Å². The topological polar surface area (TPSA) is 66.4 Å². The lowest BCUT2D eigenvalue weighted by Crippen LogP contribution is -2.22. The summed E-state index contributed by atoms with van der Waals surface area (Å²) in [6.45, 7) is 7.13. The van der Waals surface area contributed by atoms with Gasteiger partial charge in [-0.1, -0.05) is 19.9 Å². The minimum Gasteiger partial charge on any atom is -0.508 e. The molecule has 0 radical (unpaired) electrons. The number of nitrogens with one attached hydrogen (secondary N) is 1. The molecule has 1 rings (SSSR count). The van der Waals surface area contributed by atoms with Crippen molar-refractivity contribution in [2.24, 2.45) is 0 Å². The third-order valence-corrected chi connectivity index (χ3v) is 4.29. The molecule has 0 fully saturated rings. The Bertz CT molecular complexity index is 492. The molecule has 4 nitrogen and oxygen atoms in total. The zero-order valence-corrected chi connectivity index (χ0v) is 11.4. The van der Waals surface area contributed by atoms with Crippen LogP contribution in [0.25, 0.3) is 0 Å². The molecule has 1 aromatic rings. The molecule has 0 aromatic heterocycles. The molecule has 0 heterocycles. The Morgan fingerprint density at radius 1 is 1.18 bits per heavy atom. The maximum absolute atomic E-state index is 11.6. The van der Waals surface area contributed by atoms with Gasteiger partial charge in [0.2, 0.25) is 10.0 Å². The van der Waals surface area contributed by atoms with Gasteiger partial charge >= 0.3 is 0 Å². The molecule has 0 bridgehead atoms. The highest BCUT2D eigenvalue weighted by atomic mass is 32.2. The van der Waals surface area contributed by atoms with E-state index in [0.717, 1.165) is 5.56 Å². The SMILES string of the molecule is CC(C)c1ccc(NS(=O)(=O)C(C)C)cc1O. The Kier molecular flexibility index (Phi) is 4.03. The second-order valence-electron chi connectivity index (χ2n) is 4.62. The number of aromatic hydroxyl groups is 1. The first-order valence-corrected chi connectivity index (χ1v) is 7.13. The minimum atomic E-state index is -3.36. The fraction of sp³-hybridized carbons (Fsp3) is 0.500. The molecule has 5 heteroatoms. The summed E-state index contributed by atoms with van der Waals surface area (Å²) >= 11 is 0. The Morgan fingerprint density at radius 3 is 2.18 bits per heavy atom. The average Bonchev–Trinajstić information content (AvgIpc) is 2.15. The van der Waals surface area contributed by atoms with Gasteiger partial charge in [0, 0.05) is 6.07 Å². The highest BCUT2D eigenvalue weighted by molar-refractivity contribution is 7.93. The fourth-order valence-electron chi connectivity index (χ4n) is 1.38. The van der Waals surface area contributed by atoms with Crippen LogP contribution >= 0.6 is 0 Å². The number of phenols is 1. The van der Waals surface area contributed by atoms with E-state index in [9.17, 15) is 13.5 Å². The predicted octanol–water partition coefficient (Wildman–Crippen LogP) is 2.67. The van der Waals surface area contributed by atoms with E-state index in [1.54, 1.807) is 26.0 Å². The minimum absolute atomic E-state index is 0.115. The molecule has 0 aliphatic rings. The van der Waals surface area contributed by atoms with E-state index in [2.05, 4.69) is 4.72 Å². The summed E-state index contributed by atoms with van der Waals surface area (Å²) in [4.78, 5) is 0. The summed E-state index contributed by atoms with van der Waals surface area (Å²) in [5, 5.41) is 9.26. The molecule has 0 saturated heterocycles. The number of anilines is 1. The van der Waals surface area contributed by atoms with Crippen LogP contribution in [0.3, 0.4) is 0 Å². The Morgan fingerprint density at radius 2 is 1.76 bits per heavy atom. The number of rotatable bonds is 4. The third-order valence-electron chi connectivity index (χ3n) is 2.53. The third kappa shape index (κ3) is 3.36. The summed E-state index contributed by atoms with van der Waals surface area (Å²) in [6.07, 6.45) is 0. The monoisotopic (exact) mass is 257 g/mol. The smallest absolute Gasteiger partial charge is 0.235 e. The van der Waals surface area contributed by atoms with Crippen molar-refractivity contribution >= 4 is 15.7 Å². The van der Waals surface area contributed by atoms with Crippen LogP contribution in [0.15, 0.2) is 18.2 Å². The van der Waals surface area contributed by atoms with Crippen molar-refractivity contribution in [3.63, 3.8) is 0 Å². The van der Waals surface area contributed by atoms with Crippen molar-refractivity contribution in [2.75, 3.05) is 4.72 Å². The standard InChI is InChI=1S/C12H19NO3S/c1-8(2)11-6-5-10(7-12(11)14)13-17(15,16)9(3)4/h5-9,13-14H,1-4H3. The lowest BCUT2D eigenvalue weighted by atomic mass is 10.0. The molecular formula is C12H19NO3S. The van der Waals surface area contributed by atoms with Gasteiger partial charge in [0.1, 0.15) is 5.75 Å². The highest BCUT2D eigenvalue weighted by Gasteiger charge is 2.16. The molecule has 1 aromatic carbocycles. The number of hydrogen-bond donors (Lipinski definition) is 2. The summed E-state index contributed by atoms with van der Waals surface area (Å²) in [7, 11) is -3.36. The van der Waals surface area contributed by atoms with Crippen LogP contribution in [0.1, 0.15) is 39.2 Å². The summed E-state index contributed by atoms with van der Waals surface area (Å²) in [5.74, 6) is 0.315. The molecule has 0 amide bonds. The molecule has 0 spiro atoms. The molecule has 0 aliphatic carbocycles. The first-order chi connectivity index (χ1) is 7.74. The van der Waals surface area contributed by atoms with Gasteiger partial charge in [0.25, 0.3) is 0 Å². The van der Waals surface area contributed by atoms with E-state index in [1.807, 2.05) is 13.8 Å². The predicted molar refractivity (Wildman–Crippen MR) is 69.9 cm³/mol. The second-order valence-corrected chi connectivity index (χ2v) is 6.86. The maximum atomic E-state index is 11.6. The molecule has 17 heavy (non-hydrogen) atoms. The van der Waals surface area contributed by atoms with Crippen LogP contribution in [-0.2, 0) is 10.0 Å². The quantitative estimate of drug-likeness (QED) is 0.871. The van der Waals surface area contributed by atoms with Crippen molar-refractivity contribution in [1.29, 1.82) is 0 Å². The van der Waals surface area contributed by atoms with Crippen LogP contribution in [-0.4, -0.2) is 18.8 Å². The normalized spacial score (nSPS) is 12.1. The second kappa shape index (κ2) is 4.96. The van der Waals surface area contributed by atoms with E-state index < -0.39 is 15.3 Å². The lowest BCUT2D eigenvalue weighted by Gasteiger charge is -2.13. The number of phenolic OH excluding ortho intramolecular Hbond substituents is 1. The van der Waals surface area contributed by atoms with Gasteiger partial charge in [-0.15, -0.1) is 0 Å². The van der Waals surface area contributed by atoms with Crippen LogP contribution in [0, 0.1) is 0 Å². The summed E-state index contributed by atoms with van der Waals surface area (Å²) in [6, 6.07) is 4.84. The molecule has 0 saturated carbocycles. The first kappa shape index (κ1) is 13.8. The summed E-state index contributed by atoms with van der Waals surface area (Å²) < 4.78 is 25.7. The van der Waals surface area contributed by atoms with Gasteiger partial charge in [-0.3, -0.25) is 4.72 Å². The van der Waals surface area contributed by atoms with Crippen LogP contribution in [0.2, 0.25) is 0 Å². The summed E-state index contributed by atoms with van der Waals surface area (Å²) in [5.41, 5.74) is 1.19.